The van der Waals surface area contributed by atoms with E-state index in [4.69, 9.17) is 4.74 Å². The van der Waals surface area contributed by atoms with Crippen molar-refractivity contribution in [2.45, 2.75) is 38.2 Å². The minimum atomic E-state index is -0.416. The zero-order valence-electron chi connectivity index (χ0n) is 9.01. The summed E-state index contributed by atoms with van der Waals surface area (Å²) in [6, 6.07) is 0. The Kier molecular flexibility index (Phi) is 2.82. The molecule has 2 fully saturated rings. The van der Waals surface area contributed by atoms with Gasteiger partial charge >= 0.3 is 0 Å². The molecule has 0 atom stereocenters. The van der Waals surface area contributed by atoms with Crippen LogP contribution in [-0.2, 0) is 4.74 Å². The van der Waals surface area contributed by atoms with Crippen molar-refractivity contribution >= 4 is 0 Å². The monoisotopic (exact) mass is 199 g/mol. The van der Waals surface area contributed by atoms with Gasteiger partial charge in [0.05, 0.1) is 18.8 Å². The molecule has 1 aliphatic heterocycles. The van der Waals surface area contributed by atoms with Crippen LogP contribution >= 0.6 is 0 Å². The number of rotatable bonds is 4. The van der Waals surface area contributed by atoms with Gasteiger partial charge in [0, 0.05) is 18.5 Å². The lowest BCUT2D eigenvalue weighted by Crippen LogP contribution is -2.50. The summed E-state index contributed by atoms with van der Waals surface area (Å²) in [4.78, 5) is 0. The van der Waals surface area contributed by atoms with Gasteiger partial charge in [-0.05, 0) is 12.8 Å². The Morgan fingerprint density at radius 2 is 1.86 bits per heavy atom. The van der Waals surface area contributed by atoms with E-state index in [1.165, 1.54) is 12.8 Å². The molecule has 0 unspecified atom stereocenters. The van der Waals surface area contributed by atoms with Crippen LogP contribution in [0.5, 0.6) is 0 Å². The predicted octanol–water partition coefficient (Wildman–Crippen LogP) is 0.918. The molecule has 0 bridgehead atoms. The third-order valence-electron chi connectivity index (χ3n) is 3.44. The molecule has 0 aromatic heterocycles. The summed E-state index contributed by atoms with van der Waals surface area (Å²) in [6.07, 6.45) is 4.29. The number of ether oxygens (including phenoxy) is 1. The molecule has 0 amide bonds. The van der Waals surface area contributed by atoms with E-state index in [-0.39, 0.29) is 0 Å². The lowest BCUT2D eigenvalue weighted by molar-refractivity contribution is -0.101. The van der Waals surface area contributed by atoms with Gasteiger partial charge in [0.1, 0.15) is 0 Å². The summed E-state index contributed by atoms with van der Waals surface area (Å²) in [5, 5.41) is 13.5. The Morgan fingerprint density at radius 3 is 2.36 bits per heavy atom. The van der Waals surface area contributed by atoms with E-state index in [1.807, 2.05) is 0 Å². The summed E-state index contributed by atoms with van der Waals surface area (Å²) < 4.78 is 5.18. The van der Waals surface area contributed by atoms with Gasteiger partial charge in [-0.25, -0.2) is 0 Å². The Morgan fingerprint density at radius 1 is 1.21 bits per heavy atom. The average Bonchev–Trinajstić information content (AvgIpc) is 2.50. The molecule has 2 rings (SSSR count). The second kappa shape index (κ2) is 3.80. The summed E-state index contributed by atoms with van der Waals surface area (Å²) in [5.41, 5.74) is -0.101. The first-order valence-corrected chi connectivity index (χ1v) is 5.63. The molecule has 1 saturated heterocycles. The van der Waals surface area contributed by atoms with E-state index in [1.54, 1.807) is 0 Å². The van der Waals surface area contributed by atoms with Crippen LogP contribution in [0.25, 0.3) is 0 Å². The van der Waals surface area contributed by atoms with E-state index in [9.17, 15) is 5.11 Å². The Labute approximate surface area is 85.8 Å². The van der Waals surface area contributed by atoms with E-state index >= 15 is 0 Å². The molecule has 82 valence electrons. The molecule has 1 aliphatic carbocycles. The summed E-state index contributed by atoms with van der Waals surface area (Å²) >= 11 is 0. The van der Waals surface area contributed by atoms with Crippen LogP contribution in [0.4, 0.5) is 0 Å². The minimum absolute atomic E-state index is 0.314. The SMILES string of the molecule is CC1(CNCC2(O)CCCC2)COC1. The van der Waals surface area contributed by atoms with Crippen molar-refractivity contribution in [1.82, 2.24) is 5.32 Å². The molecular weight excluding hydrogens is 178 g/mol. The number of hydrogen-bond donors (Lipinski definition) is 2. The molecule has 0 aromatic rings. The largest absolute Gasteiger partial charge is 0.389 e. The van der Waals surface area contributed by atoms with Gasteiger partial charge in [0.25, 0.3) is 0 Å². The van der Waals surface area contributed by atoms with Crippen molar-refractivity contribution in [3.63, 3.8) is 0 Å². The maximum Gasteiger partial charge on any atom is 0.0771 e. The standard InChI is InChI=1S/C11H21NO2/c1-10(8-14-9-10)6-12-7-11(13)4-2-3-5-11/h12-13H,2-9H2,1H3. The third kappa shape index (κ3) is 2.27. The van der Waals surface area contributed by atoms with Crippen molar-refractivity contribution < 1.29 is 9.84 Å². The van der Waals surface area contributed by atoms with Crippen molar-refractivity contribution in [3.8, 4) is 0 Å². The highest BCUT2D eigenvalue weighted by molar-refractivity contribution is 4.89. The smallest absolute Gasteiger partial charge is 0.0771 e. The maximum atomic E-state index is 10.1. The summed E-state index contributed by atoms with van der Waals surface area (Å²) in [7, 11) is 0. The fraction of sp³-hybridized carbons (Fsp3) is 1.00. The molecule has 0 spiro atoms. The second-order valence-electron chi connectivity index (χ2n) is 5.34. The van der Waals surface area contributed by atoms with Crippen LogP contribution in [0.1, 0.15) is 32.6 Å². The first kappa shape index (κ1) is 10.4. The molecule has 1 saturated carbocycles. The van der Waals surface area contributed by atoms with Crippen LogP contribution in [-0.4, -0.2) is 37.0 Å². The lowest BCUT2D eigenvalue weighted by Gasteiger charge is -2.39. The normalized spacial score (nSPS) is 28.7. The predicted molar refractivity (Wildman–Crippen MR) is 55.2 cm³/mol. The molecule has 1 heterocycles. The molecule has 2 N–H and O–H groups in total. The maximum absolute atomic E-state index is 10.1. The van der Waals surface area contributed by atoms with Crippen LogP contribution in [0.3, 0.4) is 0 Å². The van der Waals surface area contributed by atoms with Gasteiger partial charge in [-0.3, -0.25) is 0 Å². The molecule has 14 heavy (non-hydrogen) atoms. The fourth-order valence-corrected chi connectivity index (χ4v) is 2.36. The van der Waals surface area contributed by atoms with Crippen LogP contribution in [0, 0.1) is 5.41 Å². The zero-order valence-corrected chi connectivity index (χ0v) is 9.01. The van der Waals surface area contributed by atoms with Crippen LogP contribution in [0.2, 0.25) is 0 Å². The van der Waals surface area contributed by atoms with Crippen LogP contribution < -0.4 is 5.32 Å². The topological polar surface area (TPSA) is 41.5 Å². The Bertz CT molecular complexity index is 195. The lowest BCUT2D eigenvalue weighted by atomic mass is 9.88. The quantitative estimate of drug-likeness (QED) is 0.707. The molecule has 0 aromatic carbocycles. The average molecular weight is 199 g/mol. The van der Waals surface area contributed by atoms with Crippen molar-refractivity contribution in [2.75, 3.05) is 26.3 Å². The van der Waals surface area contributed by atoms with Gasteiger partial charge in [-0.15, -0.1) is 0 Å². The molecule has 2 aliphatic rings. The van der Waals surface area contributed by atoms with Crippen molar-refractivity contribution in [3.05, 3.63) is 0 Å². The number of nitrogens with one attached hydrogen (secondary N) is 1. The first-order chi connectivity index (χ1) is 6.62. The van der Waals surface area contributed by atoms with Gasteiger partial charge < -0.3 is 15.2 Å². The second-order valence-corrected chi connectivity index (χ2v) is 5.34. The third-order valence-corrected chi connectivity index (χ3v) is 3.44. The number of hydrogen-bond acceptors (Lipinski definition) is 3. The molecular formula is C11H21NO2. The van der Waals surface area contributed by atoms with Crippen molar-refractivity contribution in [2.24, 2.45) is 5.41 Å². The molecule has 3 heteroatoms. The first-order valence-electron chi connectivity index (χ1n) is 5.63. The van der Waals surface area contributed by atoms with Crippen molar-refractivity contribution in [1.29, 1.82) is 0 Å². The molecule has 3 nitrogen and oxygen atoms in total. The van der Waals surface area contributed by atoms with Gasteiger partial charge in [-0.1, -0.05) is 19.8 Å². The minimum Gasteiger partial charge on any atom is -0.389 e. The summed E-state index contributed by atoms with van der Waals surface area (Å²) in [5.74, 6) is 0. The fourth-order valence-electron chi connectivity index (χ4n) is 2.36. The van der Waals surface area contributed by atoms with E-state index in [0.717, 1.165) is 39.1 Å². The van der Waals surface area contributed by atoms with Gasteiger partial charge in [0.15, 0.2) is 0 Å². The zero-order chi connectivity index (χ0) is 10.1. The van der Waals surface area contributed by atoms with Crippen LogP contribution in [0.15, 0.2) is 0 Å². The number of aliphatic hydroxyl groups is 1. The highest BCUT2D eigenvalue weighted by Crippen LogP contribution is 2.29. The van der Waals surface area contributed by atoms with E-state index in [0.29, 0.717) is 5.41 Å². The highest BCUT2D eigenvalue weighted by Gasteiger charge is 2.35. The Balaban J connectivity index is 1.67. The van der Waals surface area contributed by atoms with Gasteiger partial charge in [0.2, 0.25) is 0 Å². The van der Waals surface area contributed by atoms with E-state index < -0.39 is 5.60 Å². The Hall–Kier alpha value is -0.120. The van der Waals surface area contributed by atoms with Gasteiger partial charge in [-0.2, -0.15) is 0 Å². The highest BCUT2D eigenvalue weighted by atomic mass is 16.5. The molecule has 0 radical (unpaired) electrons. The summed E-state index contributed by atoms with van der Waals surface area (Å²) in [6.45, 7) is 5.66. The van der Waals surface area contributed by atoms with E-state index in [2.05, 4.69) is 12.2 Å².